The Morgan fingerprint density at radius 1 is 1.33 bits per heavy atom. The van der Waals surface area contributed by atoms with Crippen molar-refractivity contribution in [2.24, 2.45) is 5.73 Å². The summed E-state index contributed by atoms with van der Waals surface area (Å²) in [5.41, 5.74) is 6.92. The Morgan fingerprint density at radius 3 is 2.53 bits per heavy atom. The number of rotatable bonds is 5. The van der Waals surface area contributed by atoms with E-state index in [0.29, 0.717) is 12.6 Å². The zero-order valence-electron chi connectivity index (χ0n) is 9.41. The van der Waals surface area contributed by atoms with Crippen molar-refractivity contribution < 1.29 is 0 Å². The van der Waals surface area contributed by atoms with Crippen molar-refractivity contribution in [3.8, 4) is 0 Å². The lowest BCUT2D eigenvalue weighted by Gasteiger charge is -2.26. The topological polar surface area (TPSA) is 29.3 Å². The van der Waals surface area contributed by atoms with Gasteiger partial charge in [-0.2, -0.15) is 0 Å². The molecular formula is C12H19BrN2. The number of nitrogens with two attached hydrogens (primary N) is 1. The van der Waals surface area contributed by atoms with Crippen molar-refractivity contribution in [1.29, 1.82) is 0 Å². The van der Waals surface area contributed by atoms with Gasteiger partial charge in [-0.25, -0.2) is 0 Å². The van der Waals surface area contributed by atoms with Crippen molar-refractivity contribution in [1.82, 2.24) is 4.90 Å². The van der Waals surface area contributed by atoms with Gasteiger partial charge in [-0.1, -0.05) is 34.1 Å². The third-order valence-corrected chi connectivity index (χ3v) is 3.25. The largest absolute Gasteiger partial charge is 0.329 e. The number of nitrogens with zero attached hydrogens (tertiary/aromatic N) is 1. The number of hydrogen-bond donors (Lipinski definition) is 1. The van der Waals surface area contributed by atoms with Crippen LogP contribution in [0.15, 0.2) is 28.7 Å². The zero-order chi connectivity index (χ0) is 11.3. The monoisotopic (exact) mass is 270 g/mol. The summed E-state index contributed by atoms with van der Waals surface area (Å²) in [4.78, 5) is 2.38. The average molecular weight is 271 g/mol. The van der Waals surface area contributed by atoms with Gasteiger partial charge >= 0.3 is 0 Å². The van der Waals surface area contributed by atoms with Crippen molar-refractivity contribution >= 4 is 15.9 Å². The molecule has 0 saturated carbocycles. The Hall–Kier alpha value is -0.380. The lowest BCUT2D eigenvalue weighted by Crippen LogP contribution is -2.34. The first-order chi connectivity index (χ1) is 7.15. The molecule has 0 heterocycles. The van der Waals surface area contributed by atoms with E-state index in [2.05, 4.69) is 52.9 Å². The van der Waals surface area contributed by atoms with Crippen LogP contribution >= 0.6 is 15.9 Å². The predicted octanol–water partition coefficient (Wildman–Crippen LogP) is 2.62. The van der Waals surface area contributed by atoms with Crippen LogP contribution in [0.3, 0.4) is 0 Å². The third kappa shape index (κ3) is 3.93. The second-order valence-corrected chi connectivity index (χ2v) is 4.80. The predicted molar refractivity (Wildman–Crippen MR) is 68.7 cm³/mol. The smallest absolute Gasteiger partial charge is 0.0248 e. The maximum absolute atomic E-state index is 5.61. The second-order valence-electron chi connectivity index (χ2n) is 3.94. The fraction of sp³-hybridized carbons (Fsp3) is 0.500. The maximum Gasteiger partial charge on any atom is 0.0248 e. The summed E-state index contributed by atoms with van der Waals surface area (Å²) in [6.45, 7) is 7.01. The van der Waals surface area contributed by atoms with Crippen LogP contribution in [0.1, 0.15) is 19.4 Å². The van der Waals surface area contributed by atoms with E-state index < -0.39 is 0 Å². The highest BCUT2D eigenvalue weighted by Gasteiger charge is 2.10. The molecule has 0 aliphatic rings. The molecule has 0 aromatic heterocycles. The summed E-state index contributed by atoms with van der Waals surface area (Å²) in [5.74, 6) is 0. The van der Waals surface area contributed by atoms with E-state index in [0.717, 1.165) is 13.1 Å². The Bertz CT molecular complexity index is 299. The molecule has 0 bridgehead atoms. The summed E-state index contributed by atoms with van der Waals surface area (Å²) in [6, 6.07) is 8.87. The number of benzene rings is 1. The molecule has 1 rings (SSSR count). The zero-order valence-corrected chi connectivity index (χ0v) is 11.0. The molecule has 0 saturated heterocycles. The molecule has 3 heteroatoms. The van der Waals surface area contributed by atoms with Gasteiger partial charge in [0.25, 0.3) is 0 Å². The van der Waals surface area contributed by atoms with Crippen molar-refractivity contribution in [3.05, 3.63) is 34.3 Å². The molecule has 0 spiro atoms. The second kappa shape index (κ2) is 6.26. The van der Waals surface area contributed by atoms with Crippen LogP contribution < -0.4 is 5.73 Å². The normalized spacial score (nSPS) is 11.3. The van der Waals surface area contributed by atoms with Crippen LogP contribution in [0.25, 0.3) is 0 Å². The molecule has 2 nitrogen and oxygen atoms in total. The first-order valence-electron chi connectivity index (χ1n) is 5.32. The van der Waals surface area contributed by atoms with Gasteiger partial charge in [-0.05, 0) is 25.5 Å². The third-order valence-electron chi connectivity index (χ3n) is 2.48. The Balaban J connectivity index is 2.69. The standard InChI is InChI=1S/C12H19BrN2/c1-10(2)15(8-7-14)9-11-5-3-4-6-12(11)13/h3-6,10H,7-9,14H2,1-2H3. The molecule has 84 valence electrons. The van der Waals surface area contributed by atoms with Crippen LogP contribution in [-0.4, -0.2) is 24.0 Å². The van der Waals surface area contributed by atoms with E-state index in [1.165, 1.54) is 10.0 Å². The van der Waals surface area contributed by atoms with Gasteiger partial charge in [0.05, 0.1) is 0 Å². The average Bonchev–Trinajstić information content (AvgIpc) is 2.20. The fourth-order valence-corrected chi connectivity index (χ4v) is 1.94. The number of hydrogen-bond acceptors (Lipinski definition) is 2. The van der Waals surface area contributed by atoms with Gasteiger partial charge in [0, 0.05) is 30.1 Å². The maximum atomic E-state index is 5.61. The Labute approximate surface area is 101 Å². The van der Waals surface area contributed by atoms with Crippen molar-refractivity contribution in [3.63, 3.8) is 0 Å². The quantitative estimate of drug-likeness (QED) is 0.892. The van der Waals surface area contributed by atoms with Crippen LogP contribution in [0, 0.1) is 0 Å². The van der Waals surface area contributed by atoms with Crippen molar-refractivity contribution in [2.75, 3.05) is 13.1 Å². The van der Waals surface area contributed by atoms with Gasteiger partial charge in [0.2, 0.25) is 0 Å². The summed E-state index contributed by atoms with van der Waals surface area (Å²) in [5, 5.41) is 0. The fourth-order valence-electron chi connectivity index (χ4n) is 1.53. The summed E-state index contributed by atoms with van der Waals surface area (Å²) >= 11 is 3.57. The molecular weight excluding hydrogens is 252 g/mol. The van der Waals surface area contributed by atoms with E-state index in [1.807, 2.05) is 6.07 Å². The molecule has 0 amide bonds. The first kappa shape index (κ1) is 12.7. The van der Waals surface area contributed by atoms with Gasteiger partial charge in [0.1, 0.15) is 0 Å². The van der Waals surface area contributed by atoms with E-state index in [9.17, 15) is 0 Å². The lowest BCUT2D eigenvalue weighted by atomic mass is 10.2. The Kier molecular flexibility index (Phi) is 5.29. The van der Waals surface area contributed by atoms with Gasteiger partial charge in [-0.3, -0.25) is 4.90 Å². The molecule has 0 aliphatic heterocycles. The van der Waals surface area contributed by atoms with Gasteiger partial charge < -0.3 is 5.73 Å². The minimum Gasteiger partial charge on any atom is -0.329 e. The van der Waals surface area contributed by atoms with E-state index in [4.69, 9.17) is 5.73 Å². The van der Waals surface area contributed by atoms with Crippen LogP contribution in [0.2, 0.25) is 0 Å². The van der Waals surface area contributed by atoms with Crippen LogP contribution in [0.4, 0.5) is 0 Å². The molecule has 0 fully saturated rings. The molecule has 2 N–H and O–H groups in total. The summed E-state index contributed by atoms with van der Waals surface area (Å²) in [7, 11) is 0. The van der Waals surface area contributed by atoms with Gasteiger partial charge in [-0.15, -0.1) is 0 Å². The van der Waals surface area contributed by atoms with Crippen LogP contribution in [-0.2, 0) is 6.54 Å². The van der Waals surface area contributed by atoms with E-state index in [1.54, 1.807) is 0 Å². The molecule has 0 radical (unpaired) electrons. The van der Waals surface area contributed by atoms with E-state index in [-0.39, 0.29) is 0 Å². The summed E-state index contributed by atoms with van der Waals surface area (Å²) in [6.07, 6.45) is 0. The van der Waals surface area contributed by atoms with Crippen LogP contribution in [0.5, 0.6) is 0 Å². The minimum atomic E-state index is 0.528. The molecule has 0 atom stereocenters. The molecule has 1 aromatic rings. The highest BCUT2D eigenvalue weighted by Crippen LogP contribution is 2.18. The minimum absolute atomic E-state index is 0.528. The molecule has 15 heavy (non-hydrogen) atoms. The van der Waals surface area contributed by atoms with Gasteiger partial charge in [0.15, 0.2) is 0 Å². The van der Waals surface area contributed by atoms with E-state index >= 15 is 0 Å². The molecule has 0 aliphatic carbocycles. The first-order valence-corrected chi connectivity index (χ1v) is 6.12. The highest BCUT2D eigenvalue weighted by molar-refractivity contribution is 9.10. The highest BCUT2D eigenvalue weighted by atomic mass is 79.9. The summed E-state index contributed by atoms with van der Waals surface area (Å²) < 4.78 is 1.17. The Morgan fingerprint density at radius 2 is 2.00 bits per heavy atom. The van der Waals surface area contributed by atoms with Crippen molar-refractivity contribution in [2.45, 2.75) is 26.4 Å². The molecule has 0 unspecified atom stereocenters. The lowest BCUT2D eigenvalue weighted by molar-refractivity contribution is 0.219. The molecule has 1 aromatic carbocycles. The number of halogens is 1. The SMILES string of the molecule is CC(C)N(CCN)Cc1ccccc1Br.